The van der Waals surface area contributed by atoms with Crippen molar-refractivity contribution in [2.75, 3.05) is 5.32 Å². The first kappa shape index (κ1) is 35.3. The Labute approximate surface area is 330 Å². The molecular weight excluding hydrogens is 750 g/mol. The molecule has 7 heterocycles. The van der Waals surface area contributed by atoms with E-state index in [1.807, 2.05) is 65.0 Å². The summed E-state index contributed by atoms with van der Waals surface area (Å²) in [6.45, 7) is 6.48. The van der Waals surface area contributed by atoms with E-state index >= 15 is 0 Å². The summed E-state index contributed by atoms with van der Waals surface area (Å²) in [4.78, 5) is 49.4. The fourth-order valence-electron chi connectivity index (χ4n) is 7.35. The van der Waals surface area contributed by atoms with E-state index in [-0.39, 0.29) is 18.2 Å². The quantitative estimate of drug-likeness (QED) is 0.165. The highest BCUT2D eigenvalue weighted by atomic mass is 35.5. The number of hydrogen-bond donors (Lipinski definition) is 2. The van der Waals surface area contributed by atoms with Crippen LogP contribution in [-0.4, -0.2) is 68.5 Å². The maximum atomic E-state index is 13.2. The van der Waals surface area contributed by atoms with Crippen LogP contribution in [0.3, 0.4) is 0 Å². The van der Waals surface area contributed by atoms with Crippen LogP contribution in [-0.2, 0) is 42.3 Å². The average Bonchev–Trinajstić information content (AvgIpc) is 4.02. The molecule has 1 unspecified atom stereocenters. The number of rotatable bonds is 8. The van der Waals surface area contributed by atoms with Gasteiger partial charge in [0.15, 0.2) is 5.82 Å². The van der Waals surface area contributed by atoms with Gasteiger partial charge in [-0.05, 0) is 50.1 Å². The summed E-state index contributed by atoms with van der Waals surface area (Å²) in [5.41, 5.74) is 7.78. The number of benzene rings is 2. The number of amides is 3. The van der Waals surface area contributed by atoms with E-state index in [0.29, 0.717) is 49.7 Å². The molecule has 2 aromatic carbocycles. The Bertz CT molecular complexity index is 2660. The lowest BCUT2D eigenvalue weighted by Gasteiger charge is -2.29. The molecule has 0 spiro atoms. The van der Waals surface area contributed by atoms with Crippen molar-refractivity contribution in [2.45, 2.75) is 65.5 Å². The van der Waals surface area contributed by atoms with Gasteiger partial charge in [0, 0.05) is 64.9 Å². The number of thiophene rings is 1. The molecule has 1 saturated heterocycles. The van der Waals surface area contributed by atoms with Crippen LogP contribution < -0.4 is 10.6 Å². The Hall–Kier alpha value is -6.37. The first-order valence-electron chi connectivity index (χ1n) is 18.1. The number of imidazole rings is 1. The minimum Gasteiger partial charge on any atom is -0.379 e. The summed E-state index contributed by atoms with van der Waals surface area (Å²) in [6, 6.07) is 12.6. The van der Waals surface area contributed by atoms with Gasteiger partial charge in [0.25, 0.3) is 5.91 Å². The van der Waals surface area contributed by atoms with Gasteiger partial charge in [-0.2, -0.15) is 5.10 Å². The summed E-state index contributed by atoms with van der Waals surface area (Å²) < 4.78 is 5.96. The number of aromatic nitrogens is 7. The normalized spacial score (nSPS) is 16.1. The van der Waals surface area contributed by atoms with Crippen molar-refractivity contribution in [3.63, 3.8) is 0 Å². The molecule has 6 aromatic rings. The molecule has 3 amide bonds. The maximum absolute atomic E-state index is 13.2. The minimum absolute atomic E-state index is 0.203. The average molecular weight is 784 g/mol. The largest absolute Gasteiger partial charge is 0.379 e. The van der Waals surface area contributed by atoms with Crippen LogP contribution in [0.25, 0.3) is 5.00 Å². The zero-order valence-electron chi connectivity index (χ0n) is 30.4. The molecule has 3 aliphatic rings. The van der Waals surface area contributed by atoms with Crippen LogP contribution in [0.2, 0.25) is 5.02 Å². The zero-order valence-corrected chi connectivity index (χ0v) is 32.0. The van der Waals surface area contributed by atoms with Gasteiger partial charge in [0.05, 0.1) is 47.5 Å². The van der Waals surface area contributed by atoms with Gasteiger partial charge in [-0.1, -0.05) is 41.6 Å². The fraction of sp³-hybridized carbons (Fsp3) is 0.250. The van der Waals surface area contributed by atoms with Gasteiger partial charge < -0.3 is 14.8 Å². The van der Waals surface area contributed by atoms with Crippen molar-refractivity contribution in [3.05, 3.63) is 128 Å². The maximum Gasteiger partial charge on any atom is 0.255 e. The Morgan fingerprint density at radius 2 is 1.89 bits per heavy atom. The first-order chi connectivity index (χ1) is 27.2. The Balaban J connectivity index is 0.851. The number of anilines is 1. The molecule has 1 atom stereocenters. The third-order valence-electron chi connectivity index (χ3n) is 10.2. The molecule has 16 heteroatoms. The van der Waals surface area contributed by atoms with Gasteiger partial charge in [-0.25, -0.2) is 4.98 Å². The fourth-order valence-corrected chi connectivity index (χ4v) is 8.71. The number of fused-ring (bicyclic) bond motifs is 4. The molecule has 280 valence electrons. The van der Waals surface area contributed by atoms with Crippen molar-refractivity contribution < 1.29 is 14.4 Å². The molecule has 56 heavy (non-hydrogen) atoms. The molecule has 0 aliphatic carbocycles. The Morgan fingerprint density at radius 3 is 2.73 bits per heavy atom. The second-order valence-corrected chi connectivity index (χ2v) is 15.3. The Kier molecular flexibility index (Phi) is 9.07. The van der Waals surface area contributed by atoms with Crippen molar-refractivity contribution in [1.29, 1.82) is 0 Å². The van der Waals surface area contributed by atoms with Gasteiger partial charge in [-0.15, -0.1) is 21.5 Å². The third-order valence-corrected chi connectivity index (χ3v) is 11.7. The standard InChI is InChI=1S/C40H34ClN11O3S/c1-23-33(56-40-36(23)37(26-7-9-27(41)10-8-26)43-18-34-48-47-24(2)52(34)40)12-6-25-16-45-50(19-25)15-14-49-20-28(44-22-49)17-42-31-5-3-4-29-30(31)21-51(39(29)55)32-11-13-35(53)46-38(32)54/h3-5,7-10,16,19-20,22,32,42H,11,13-15,17-18,21H2,1-2H3,(H,46,53,54). The monoisotopic (exact) mass is 783 g/mol. The number of piperidine rings is 1. The van der Waals surface area contributed by atoms with E-state index in [1.165, 1.54) is 0 Å². The SMILES string of the molecule is Cc1c(C#Cc2cnn(CCn3cnc(CNc4cccc5c4CN(C4CCC(=O)NC4=O)C5=O)c3)c2)sc2c1C(c1ccc(Cl)cc1)=NCc1nnc(C)n1-2. The van der Waals surface area contributed by atoms with Gasteiger partial charge in [0.1, 0.15) is 23.4 Å². The number of aryl methyl sites for hydroxylation is 3. The van der Waals surface area contributed by atoms with Crippen LogP contribution in [0.4, 0.5) is 5.69 Å². The van der Waals surface area contributed by atoms with E-state index in [4.69, 9.17) is 16.6 Å². The predicted octanol–water partition coefficient (Wildman–Crippen LogP) is 4.82. The molecule has 0 bridgehead atoms. The van der Waals surface area contributed by atoms with E-state index in [2.05, 4.69) is 54.2 Å². The summed E-state index contributed by atoms with van der Waals surface area (Å²) in [6.07, 6.45) is 8.03. The van der Waals surface area contributed by atoms with E-state index < -0.39 is 11.9 Å². The number of halogens is 1. The molecule has 14 nitrogen and oxygen atoms in total. The van der Waals surface area contributed by atoms with Gasteiger partial charge in [-0.3, -0.25) is 33.9 Å². The molecule has 3 aliphatic heterocycles. The van der Waals surface area contributed by atoms with Gasteiger partial charge in [0.2, 0.25) is 11.8 Å². The first-order valence-corrected chi connectivity index (χ1v) is 19.3. The van der Waals surface area contributed by atoms with Crippen molar-refractivity contribution in [3.8, 4) is 16.8 Å². The molecule has 1 fully saturated rings. The Morgan fingerprint density at radius 1 is 1.04 bits per heavy atom. The van der Waals surface area contributed by atoms with Crippen LogP contribution in [0.15, 0.2) is 72.4 Å². The smallest absolute Gasteiger partial charge is 0.255 e. The third kappa shape index (κ3) is 6.56. The number of nitrogens with zero attached hydrogens (tertiary/aromatic N) is 9. The number of hydrogen-bond acceptors (Lipinski definition) is 10. The van der Waals surface area contributed by atoms with Crippen molar-refractivity contribution in [2.24, 2.45) is 4.99 Å². The van der Waals surface area contributed by atoms with Crippen LogP contribution in [0, 0.1) is 25.7 Å². The lowest BCUT2D eigenvalue weighted by molar-refractivity contribution is -0.136. The number of carbonyl (C=O) groups excluding carboxylic acids is 3. The molecule has 2 N–H and O–H groups in total. The van der Waals surface area contributed by atoms with Crippen LogP contribution in [0.5, 0.6) is 0 Å². The lowest BCUT2D eigenvalue weighted by atomic mass is 10.00. The number of aliphatic imine (C=N–C) groups is 1. The molecule has 0 saturated carbocycles. The van der Waals surface area contributed by atoms with Gasteiger partial charge >= 0.3 is 0 Å². The summed E-state index contributed by atoms with van der Waals surface area (Å²) >= 11 is 7.81. The second-order valence-electron chi connectivity index (χ2n) is 13.8. The van der Waals surface area contributed by atoms with E-state index in [1.54, 1.807) is 34.8 Å². The summed E-state index contributed by atoms with van der Waals surface area (Å²) in [7, 11) is 0. The molecular formula is C40H34ClN11O3S. The molecule has 4 aromatic heterocycles. The topological polar surface area (TPSA) is 157 Å². The summed E-state index contributed by atoms with van der Waals surface area (Å²) in [5.74, 6) is 7.37. The highest BCUT2D eigenvalue weighted by Gasteiger charge is 2.40. The number of imide groups is 1. The van der Waals surface area contributed by atoms with E-state index in [9.17, 15) is 14.4 Å². The minimum atomic E-state index is -0.658. The van der Waals surface area contributed by atoms with E-state index in [0.717, 1.165) is 66.4 Å². The number of nitrogens with one attached hydrogen (secondary N) is 2. The number of carbonyl (C=O) groups is 3. The van der Waals surface area contributed by atoms with Crippen molar-refractivity contribution >= 4 is 52.1 Å². The second kappa shape index (κ2) is 14.4. The van der Waals surface area contributed by atoms with Crippen molar-refractivity contribution in [1.82, 2.24) is 44.3 Å². The molecule has 0 radical (unpaired) electrons. The lowest BCUT2D eigenvalue weighted by Crippen LogP contribution is -2.52. The summed E-state index contributed by atoms with van der Waals surface area (Å²) in [5, 5.41) is 20.7. The van der Waals surface area contributed by atoms with Crippen LogP contribution in [0.1, 0.15) is 73.2 Å². The van der Waals surface area contributed by atoms with Crippen LogP contribution >= 0.6 is 22.9 Å². The molecule has 9 rings (SSSR count). The highest BCUT2D eigenvalue weighted by molar-refractivity contribution is 7.15. The highest BCUT2D eigenvalue weighted by Crippen LogP contribution is 2.37. The zero-order chi connectivity index (χ0) is 38.5. The predicted molar refractivity (Wildman–Crippen MR) is 210 cm³/mol.